The summed E-state index contributed by atoms with van der Waals surface area (Å²) in [7, 11) is 0. The molecule has 0 saturated heterocycles. The number of fused-ring (bicyclic) bond motifs is 5. The summed E-state index contributed by atoms with van der Waals surface area (Å²) >= 11 is 0. The van der Waals surface area contributed by atoms with Crippen LogP contribution in [0.3, 0.4) is 0 Å². The quantitative estimate of drug-likeness (QED) is 0.161. The number of hydrogen-bond acceptors (Lipinski definition) is 1. The Labute approximate surface area is 301 Å². The van der Waals surface area contributed by atoms with E-state index in [1.807, 2.05) is 0 Å². The van der Waals surface area contributed by atoms with Gasteiger partial charge >= 0.3 is 0 Å². The molecule has 0 heterocycles. The summed E-state index contributed by atoms with van der Waals surface area (Å²) in [4.78, 5) is 2.29. The van der Waals surface area contributed by atoms with Crippen LogP contribution in [-0.2, 0) is 10.8 Å². The lowest BCUT2D eigenvalue weighted by Crippen LogP contribution is -2.19. The summed E-state index contributed by atoms with van der Waals surface area (Å²) in [6.45, 7) is 9.61. The second kappa shape index (κ2) is 11.9. The first kappa shape index (κ1) is 31.1. The molecule has 9 rings (SSSR count). The van der Waals surface area contributed by atoms with Crippen LogP contribution in [0.1, 0.15) is 61.1 Å². The van der Waals surface area contributed by atoms with Gasteiger partial charge in [0.15, 0.2) is 0 Å². The fourth-order valence-electron chi connectivity index (χ4n) is 8.77. The van der Waals surface area contributed by atoms with Crippen LogP contribution in [0.15, 0.2) is 164 Å². The maximum Gasteiger partial charge on any atom is 0.0462 e. The first-order chi connectivity index (χ1) is 24.8. The van der Waals surface area contributed by atoms with Crippen LogP contribution in [0, 0.1) is 0 Å². The third-order valence-electron chi connectivity index (χ3n) is 11.2. The summed E-state index contributed by atoms with van der Waals surface area (Å²) in [6, 6.07) is 59.6. The molecule has 2 aliphatic rings. The van der Waals surface area contributed by atoms with E-state index in [1.165, 1.54) is 66.4 Å². The zero-order valence-electron chi connectivity index (χ0n) is 29.7. The van der Waals surface area contributed by atoms with E-state index in [2.05, 4.69) is 209 Å². The van der Waals surface area contributed by atoms with E-state index < -0.39 is 0 Å². The number of allylic oxidation sites excluding steroid dienone is 2. The molecular formula is C50H41N. The van der Waals surface area contributed by atoms with Gasteiger partial charge in [-0.2, -0.15) is 0 Å². The maximum absolute atomic E-state index is 2.47. The normalized spacial score (nSPS) is 15.2. The minimum Gasteiger partial charge on any atom is -0.311 e. The molecule has 0 fully saturated rings. The second-order valence-electron chi connectivity index (χ2n) is 15.0. The van der Waals surface area contributed by atoms with Crippen molar-refractivity contribution in [1.82, 2.24) is 0 Å². The Hall–Kier alpha value is -5.92. The summed E-state index contributed by atoms with van der Waals surface area (Å²) in [5, 5.41) is 2.54. The predicted octanol–water partition coefficient (Wildman–Crippen LogP) is 13.6. The van der Waals surface area contributed by atoms with Crippen molar-refractivity contribution in [3.63, 3.8) is 0 Å². The van der Waals surface area contributed by atoms with Crippen LogP contribution in [0.4, 0.5) is 17.1 Å². The first-order valence-electron chi connectivity index (χ1n) is 18.0. The Morgan fingerprint density at radius 3 is 1.63 bits per heavy atom. The van der Waals surface area contributed by atoms with Crippen LogP contribution in [0.25, 0.3) is 45.2 Å². The molecule has 0 atom stereocenters. The lowest BCUT2D eigenvalue weighted by molar-refractivity contribution is 0.694. The number of rotatable bonds is 6. The average molecular weight is 656 g/mol. The highest BCUT2D eigenvalue weighted by atomic mass is 15.1. The molecule has 0 radical (unpaired) electrons. The fourth-order valence-corrected chi connectivity index (χ4v) is 8.77. The highest BCUT2D eigenvalue weighted by Crippen LogP contribution is 2.62. The van der Waals surface area contributed by atoms with Gasteiger partial charge in [-0.25, -0.2) is 0 Å². The molecule has 0 N–H and O–H groups in total. The number of para-hydroxylation sites is 2. The molecular weight excluding hydrogens is 615 g/mol. The van der Waals surface area contributed by atoms with Crippen LogP contribution in [-0.4, -0.2) is 0 Å². The van der Waals surface area contributed by atoms with E-state index in [0.29, 0.717) is 0 Å². The van der Waals surface area contributed by atoms with Crippen LogP contribution in [0.2, 0.25) is 0 Å². The molecule has 0 spiro atoms. The molecule has 0 aromatic heterocycles. The predicted molar refractivity (Wildman–Crippen MR) is 219 cm³/mol. The van der Waals surface area contributed by atoms with Crippen LogP contribution in [0.5, 0.6) is 0 Å². The van der Waals surface area contributed by atoms with Crippen molar-refractivity contribution >= 4 is 51.1 Å². The highest BCUT2D eigenvalue weighted by molar-refractivity contribution is 6.10. The zero-order valence-corrected chi connectivity index (χ0v) is 29.7. The van der Waals surface area contributed by atoms with Gasteiger partial charge in [0.2, 0.25) is 0 Å². The van der Waals surface area contributed by atoms with Gasteiger partial charge in [-0.15, -0.1) is 0 Å². The van der Waals surface area contributed by atoms with Crippen molar-refractivity contribution in [2.75, 3.05) is 4.90 Å². The van der Waals surface area contributed by atoms with Crippen molar-refractivity contribution in [2.45, 2.75) is 38.5 Å². The zero-order chi connectivity index (χ0) is 34.7. The molecule has 0 unspecified atom stereocenters. The van der Waals surface area contributed by atoms with Crippen molar-refractivity contribution in [2.24, 2.45) is 0 Å². The molecule has 2 aliphatic carbocycles. The van der Waals surface area contributed by atoms with Gasteiger partial charge in [0.05, 0.1) is 0 Å². The van der Waals surface area contributed by atoms with E-state index in [9.17, 15) is 0 Å². The van der Waals surface area contributed by atoms with E-state index in [1.54, 1.807) is 0 Å². The monoisotopic (exact) mass is 655 g/mol. The third-order valence-corrected chi connectivity index (χ3v) is 11.2. The van der Waals surface area contributed by atoms with Crippen molar-refractivity contribution in [1.29, 1.82) is 0 Å². The minimum absolute atomic E-state index is 0.0138. The van der Waals surface area contributed by atoms with Gasteiger partial charge in [-0.1, -0.05) is 161 Å². The molecule has 1 nitrogen and oxygen atoms in total. The van der Waals surface area contributed by atoms with Gasteiger partial charge in [0.1, 0.15) is 0 Å². The summed E-state index contributed by atoms with van der Waals surface area (Å²) < 4.78 is 0. The standard InChI is InChI=1S/C50H41N/c1-49(2)45-22-14-13-21-43(45)47-48(49)44-32-28-36(33-46(44)50(47,3)4)41-31-27-35(40-19-11-12-20-42(40)41)26-23-34-24-29-39(30-25-34)51(37-15-7-5-8-16-37)38-17-9-6-10-18-38/h5-33H,1-4H3. The Bertz CT molecular complexity index is 2460. The molecule has 7 aromatic carbocycles. The lowest BCUT2D eigenvalue weighted by atomic mass is 9.75. The van der Waals surface area contributed by atoms with Gasteiger partial charge in [0, 0.05) is 27.9 Å². The Balaban J connectivity index is 1.04. The van der Waals surface area contributed by atoms with E-state index in [-0.39, 0.29) is 10.8 Å². The maximum atomic E-state index is 2.47. The average Bonchev–Trinajstić information content (AvgIpc) is 3.56. The van der Waals surface area contributed by atoms with Crippen molar-refractivity contribution < 1.29 is 0 Å². The van der Waals surface area contributed by atoms with E-state index >= 15 is 0 Å². The van der Waals surface area contributed by atoms with Crippen molar-refractivity contribution in [3.8, 4) is 11.1 Å². The molecule has 51 heavy (non-hydrogen) atoms. The number of anilines is 3. The Morgan fingerprint density at radius 2 is 0.941 bits per heavy atom. The number of benzene rings is 7. The summed E-state index contributed by atoms with van der Waals surface area (Å²) in [6.07, 6.45) is 4.48. The smallest absolute Gasteiger partial charge is 0.0462 e. The topological polar surface area (TPSA) is 3.24 Å². The van der Waals surface area contributed by atoms with E-state index in [4.69, 9.17) is 0 Å². The van der Waals surface area contributed by atoms with Gasteiger partial charge in [-0.3, -0.25) is 0 Å². The Morgan fingerprint density at radius 1 is 0.412 bits per heavy atom. The first-order valence-corrected chi connectivity index (χ1v) is 18.0. The van der Waals surface area contributed by atoms with Gasteiger partial charge in [0.25, 0.3) is 0 Å². The van der Waals surface area contributed by atoms with Crippen LogP contribution < -0.4 is 4.90 Å². The molecule has 7 aromatic rings. The SMILES string of the molecule is CC1(C)C2=C(c3ccccc31)C(C)(C)c1cc(-c3ccc(C=Cc4ccc(N(c5ccccc5)c5ccccc5)cc4)c4ccccc34)ccc12. The molecule has 1 heteroatoms. The van der Waals surface area contributed by atoms with Crippen molar-refractivity contribution in [3.05, 3.63) is 197 Å². The van der Waals surface area contributed by atoms with Gasteiger partial charge < -0.3 is 4.90 Å². The summed E-state index contributed by atoms with van der Waals surface area (Å²) in [5.74, 6) is 0. The molecule has 0 aliphatic heterocycles. The number of hydrogen-bond donors (Lipinski definition) is 0. The second-order valence-corrected chi connectivity index (χ2v) is 15.0. The highest BCUT2D eigenvalue weighted by Gasteiger charge is 2.49. The lowest BCUT2D eigenvalue weighted by Gasteiger charge is -2.28. The number of nitrogens with zero attached hydrogens (tertiary/aromatic N) is 1. The summed E-state index contributed by atoms with van der Waals surface area (Å²) in [5.41, 5.74) is 17.0. The Kier molecular flexibility index (Phi) is 7.22. The molecule has 246 valence electrons. The molecule has 0 bridgehead atoms. The molecule has 0 amide bonds. The largest absolute Gasteiger partial charge is 0.311 e. The molecule has 0 saturated carbocycles. The van der Waals surface area contributed by atoms with Gasteiger partial charge in [-0.05, 0) is 109 Å². The van der Waals surface area contributed by atoms with E-state index in [0.717, 1.165) is 17.1 Å². The fraction of sp³-hybridized carbons (Fsp3) is 0.120. The minimum atomic E-state index is -0.0716. The van der Waals surface area contributed by atoms with Crippen LogP contribution >= 0.6 is 0 Å². The third kappa shape index (κ3) is 4.99.